The summed E-state index contributed by atoms with van der Waals surface area (Å²) in [5.74, 6) is 2.51. The summed E-state index contributed by atoms with van der Waals surface area (Å²) < 4.78 is 0. The molecular weight excluding hydrogens is 74.1 g/mol. The third-order valence-electron chi connectivity index (χ3n) is 0.519. The first-order valence-corrected chi connectivity index (χ1v) is 2.00. The molecule has 0 aliphatic rings. The van der Waals surface area contributed by atoms with E-state index in [0.29, 0.717) is 0 Å². The van der Waals surface area contributed by atoms with Crippen LogP contribution in [0.3, 0.4) is 0 Å². The SMILES string of the molecule is C#CCCNC. The highest BCUT2D eigenvalue weighted by Crippen LogP contribution is 1.63. The van der Waals surface area contributed by atoms with Crippen LogP contribution >= 0.6 is 0 Å². The summed E-state index contributed by atoms with van der Waals surface area (Å²) in [5.41, 5.74) is 0. The standard InChI is InChI=1S/C5H9N/c1-3-4-5-6-2/h1,6H,4-5H2,2H3. The van der Waals surface area contributed by atoms with Crippen molar-refractivity contribution in [2.24, 2.45) is 0 Å². The van der Waals surface area contributed by atoms with Crippen LogP contribution in [-0.4, -0.2) is 13.6 Å². The maximum Gasteiger partial charge on any atom is 0.0211 e. The largest absolute Gasteiger partial charge is 0.319 e. The van der Waals surface area contributed by atoms with Crippen molar-refractivity contribution in [2.75, 3.05) is 13.6 Å². The lowest BCUT2D eigenvalue weighted by molar-refractivity contribution is 0.819. The van der Waals surface area contributed by atoms with Gasteiger partial charge in [0, 0.05) is 13.0 Å². The lowest BCUT2D eigenvalue weighted by Gasteiger charge is -1.84. The summed E-state index contributed by atoms with van der Waals surface area (Å²) in [6.45, 7) is 0.927. The van der Waals surface area contributed by atoms with Gasteiger partial charge in [-0.15, -0.1) is 12.3 Å². The van der Waals surface area contributed by atoms with E-state index in [1.165, 1.54) is 0 Å². The van der Waals surface area contributed by atoms with E-state index in [9.17, 15) is 0 Å². The average Bonchev–Trinajstić information content (AvgIpc) is 1.61. The van der Waals surface area contributed by atoms with Crippen LogP contribution in [0.4, 0.5) is 0 Å². The third kappa shape index (κ3) is 3.52. The van der Waals surface area contributed by atoms with Crippen LogP contribution in [0, 0.1) is 12.3 Å². The Morgan fingerprint density at radius 2 is 2.50 bits per heavy atom. The summed E-state index contributed by atoms with van der Waals surface area (Å²) in [6.07, 6.45) is 5.75. The number of hydrogen-bond donors (Lipinski definition) is 1. The van der Waals surface area contributed by atoms with Crippen molar-refractivity contribution in [3.8, 4) is 12.3 Å². The van der Waals surface area contributed by atoms with Crippen LogP contribution < -0.4 is 5.32 Å². The summed E-state index contributed by atoms with van der Waals surface area (Å²) in [6, 6.07) is 0. The van der Waals surface area contributed by atoms with E-state index in [1.807, 2.05) is 7.05 Å². The fourth-order valence-electron chi connectivity index (χ4n) is 0.197. The Bertz CT molecular complexity index is 51.4. The van der Waals surface area contributed by atoms with E-state index in [4.69, 9.17) is 6.42 Å². The molecule has 34 valence electrons. The molecule has 1 nitrogen and oxygen atoms in total. The lowest BCUT2D eigenvalue weighted by atomic mass is 10.4. The van der Waals surface area contributed by atoms with E-state index >= 15 is 0 Å². The van der Waals surface area contributed by atoms with Crippen molar-refractivity contribution in [1.29, 1.82) is 0 Å². The van der Waals surface area contributed by atoms with Crippen molar-refractivity contribution in [2.45, 2.75) is 6.42 Å². The number of nitrogens with one attached hydrogen (secondary N) is 1. The van der Waals surface area contributed by atoms with Crippen LogP contribution in [0.2, 0.25) is 0 Å². The third-order valence-corrected chi connectivity index (χ3v) is 0.519. The zero-order chi connectivity index (χ0) is 4.83. The molecule has 0 aromatic carbocycles. The van der Waals surface area contributed by atoms with Crippen LogP contribution in [0.5, 0.6) is 0 Å². The minimum Gasteiger partial charge on any atom is -0.319 e. The Labute approximate surface area is 38.7 Å². The molecule has 0 radical (unpaired) electrons. The Morgan fingerprint density at radius 3 is 2.67 bits per heavy atom. The molecule has 0 saturated heterocycles. The van der Waals surface area contributed by atoms with Crippen molar-refractivity contribution in [1.82, 2.24) is 5.32 Å². The quantitative estimate of drug-likeness (QED) is 0.372. The smallest absolute Gasteiger partial charge is 0.0211 e. The molecule has 0 aromatic rings. The van der Waals surface area contributed by atoms with Gasteiger partial charge < -0.3 is 5.32 Å². The molecule has 0 aliphatic heterocycles. The monoisotopic (exact) mass is 83.1 g/mol. The van der Waals surface area contributed by atoms with E-state index in [2.05, 4.69) is 11.2 Å². The molecule has 0 unspecified atom stereocenters. The minimum atomic E-state index is 0.830. The molecule has 1 heteroatoms. The topological polar surface area (TPSA) is 12.0 Å². The average molecular weight is 83.1 g/mol. The predicted molar refractivity (Wildman–Crippen MR) is 27.4 cm³/mol. The van der Waals surface area contributed by atoms with E-state index < -0.39 is 0 Å². The number of hydrogen-bond acceptors (Lipinski definition) is 1. The summed E-state index contributed by atoms with van der Waals surface area (Å²) in [5, 5.41) is 2.93. The van der Waals surface area contributed by atoms with Gasteiger partial charge in [0.1, 0.15) is 0 Å². The van der Waals surface area contributed by atoms with Crippen molar-refractivity contribution < 1.29 is 0 Å². The van der Waals surface area contributed by atoms with Gasteiger partial charge in [0.2, 0.25) is 0 Å². The summed E-state index contributed by atoms with van der Waals surface area (Å²) in [7, 11) is 1.89. The molecule has 0 fully saturated rings. The molecular formula is C5H9N. The van der Waals surface area contributed by atoms with Crippen molar-refractivity contribution in [3.05, 3.63) is 0 Å². The molecule has 0 aromatic heterocycles. The van der Waals surface area contributed by atoms with Crippen LogP contribution in [0.1, 0.15) is 6.42 Å². The zero-order valence-corrected chi connectivity index (χ0v) is 3.99. The van der Waals surface area contributed by atoms with E-state index in [0.717, 1.165) is 13.0 Å². The van der Waals surface area contributed by atoms with E-state index in [1.54, 1.807) is 0 Å². The Morgan fingerprint density at radius 1 is 1.83 bits per heavy atom. The molecule has 0 saturated carbocycles. The Hall–Kier alpha value is -0.480. The zero-order valence-electron chi connectivity index (χ0n) is 3.99. The fraction of sp³-hybridized carbons (Fsp3) is 0.600. The van der Waals surface area contributed by atoms with Gasteiger partial charge in [0.05, 0.1) is 0 Å². The number of terminal acetylenes is 1. The van der Waals surface area contributed by atoms with Gasteiger partial charge in [-0.05, 0) is 7.05 Å². The van der Waals surface area contributed by atoms with Gasteiger partial charge in [0.15, 0.2) is 0 Å². The molecule has 0 spiro atoms. The minimum absolute atomic E-state index is 0.830. The molecule has 0 aliphatic carbocycles. The van der Waals surface area contributed by atoms with E-state index in [-0.39, 0.29) is 0 Å². The van der Waals surface area contributed by atoms with Crippen molar-refractivity contribution >= 4 is 0 Å². The number of rotatable bonds is 2. The van der Waals surface area contributed by atoms with Crippen LogP contribution in [0.15, 0.2) is 0 Å². The van der Waals surface area contributed by atoms with Gasteiger partial charge in [-0.3, -0.25) is 0 Å². The van der Waals surface area contributed by atoms with Crippen molar-refractivity contribution in [3.63, 3.8) is 0 Å². The first kappa shape index (κ1) is 5.52. The van der Waals surface area contributed by atoms with Crippen LogP contribution in [0.25, 0.3) is 0 Å². The highest BCUT2D eigenvalue weighted by Gasteiger charge is 1.68. The molecule has 0 rings (SSSR count). The summed E-state index contributed by atoms with van der Waals surface area (Å²) >= 11 is 0. The maximum absolute atomic E-state index is 4.92. The normalized spacial score (nSPS) is 7.33. The highest BCUT2D eigenvalue weighted by atomic mass is 14.8. The predicted octanol–water partition coefficient (Wildman–Crippen LogP) is 0.229. The second-order valence-corrected chi connectivity index (χ2v) is 1.06. The molecule has 0 amide bonds. The molecule has 6 heavy (non-hydrogen) atoms. The molecule has 0 bridgehead atoms. The van der Waals surface area contributed by atoms with Gasteiger partial charge in [-0.1, -0.05) is 0 Å². The second-order valence-electron chi connectivity index (χ2n) is 1.06. The van der Waals surface area contributed by atoms with Gasteiger partial charge in [-0.2, -0.15) is 0 Å². The Kier molecular flexibility index (Phi) is 4.16. The lowest BCUT2D eigenvalue weighted by Crippen LogP contribution is -2.05. The van der Waals surface area contributed by atoms with Gasteiger partial charge >= 0.3 is 0 Å². The van der Waals surface area contributed by atoms with Gasteiger partial charge in [-0.25, -0.2) is 0 Å². The molecule has 0 atom stereocenters. The van der Waals surface area contributed by atoms with Crippen LogP contribution in [-0.2, 0) is 0 Å². The molecule has 1 N–H and O–H groups in total. The first-order chi connectivity index (χ1) is 2.91. The van der Waals surface area contributed by atoms with Gasteiger partial charge in [0.25, 0.3) is 0 Å². The first-order valence-electron chi connectivity index (χ1n) is 2.00. The molecule has 0 heterocycles. The maximum atomic E-state index is 4.92. The highest BCUT2D eigenvalue weighted by molar-refractivity contribution is 4.83. The Balaban J connectivity index is 2.54. The fourth-order valence-corrected chi connectivity index (χ4v) is 0.197. The summed E-state index contributed by atoms with van der Waals surface area (Å²) in [4.78, 5) is 0. The second kappa shape index (κ2) is 4.52.